The number of amides is 2. The predicted molar refractivity (Wildman–Crippen MR) is 122 cm³/mol. The van der Waals surface area contributed by atoms with Gasteiger partial charge in [-0.25, -0.2) is 0 Å². The highest BCUT2D eigenvalue weighted by molar-refractivity contribution is 6.31. The van der Waals surface area contributed by atoms with E-state index in [0.29, 0.717) is 22.9 Å². The normalized spacial score (nSPS) is 12.5. The second kappa shape index (κ2) is 12.2. The number of ether oxygens (including phenoxy) is 2. The highest BCUT2D eigenvalue weighted by Gasteiger charge is 2.30. The van der Waals surface area contributed by atoms with Gasteiger partial charge in [0.25, 0.3) is 5.91 Å². The van der Waals surface area contributed by atoms with E-state index in [0.717, 1.165) is 12.0 Å². The van der Waals surface area contributed by atoms with Gasteiger partial charge in [-0.05, 0) is 43.5 Å². The summed E-state index contributed by atoms with van der Waals surface area (Å²) >= 11 is 6.33. The Bertz CT molecular complexity index is 874. The van der Waals surface area contributed by atoms with Crippen LogP contribution in [-0.2, 0) is 16.1 Å². The van der Waals surface area contributed by atoms with Crippen molar-refractivity contribution in [3.63, 3.8) is 0 Å². The Morgan fingerprint density at radius 1 is 1.03 bits per heavy atom. The first-order valence-corrected chi connectivity index (χ1v) is 10.9. The molecule has 7 heteroatoms. The molecule has 0 aliphatic carbocycles. The van der Waals surface area contributed by atoms with Gasteiger partial charge in [0.2, 0.25) is 5.91 Å². The maximum atomic E-state index is 13.2. The molecule has 2 rings (SSSR count). The molecule has 2 aromatic rings. The average molecular weight is 447 g/mol. The number of hydrogen-bond donors (Lipinski definition) is 1. The van der Waals surface area contributed by atoms with Gasteiger partial charge in [-0.2, -0.15) is 0 Å². The Kier molecular flexibility index (Phi) is 9.66. The molecular weight excluding hydrogens is 416 g/mol. The minimum atomic E-state index is -0.640. The van der Waals surface area contributed by atoms with Gasteiger partial charge in [-0.1, -0.05) is 55.8 Å². The van der Waals surface area contributed by atoms with Crippen LogP contribution < -0.4 is 14.8 Å². The molecule has 0 aromatic heterocycles. The summed E-state index contributed by atoms with van der Waals surface area (Å²) in [6.45, 7) is 5.81. The average Bonchev–Trinajstić information content (AvgIpc) is 2.78. The second-order valence-corrected chi connectivity index (χ2v) is 7.70. The highest BCUT2D eigenvalue weighted by atomic mass is 35.5. The fraction of sp³-hybridized carbons (Fsp3) is 0.417. The van der Waals surface area contributed by atoms with Crippen molar-refractivity contribution in [2.24, 2.45) is 0 Å². The smallest absolute Gasteiger partial charge is 0.261 e. The number of methoxy groups -OCH3 is 1. The number of hydrogen-bond acceptors (Lipinski definition) is 4. The molecule has 2 amide bonds. The maximum Gasteiger partial charge on any atom is 0.261 e. The molecule has 0 unspecified atom stereocenters. The molecule has 31 heavy (non-hydrogen) atoms. The van der Waals surface area contributed by atoms with Crippen molar-refractivity contribution >= 4 is 23.4 Å². The summed E-state index contributed by atoms with van der Waals surface area (Å²) in [7, 11) is 1.54. The van der Waals surface area contributed by atoms with E-state index < -0.39 is 6.04 Å². The number of carbonyl (C=O) groups excluding carboxylic acids is 2. The molecule has 1 N–H and O–H groups in total. The molecule has 0 saturated heterocycles. The lowest BCUT2D eigenvalue weighted by molar-refractivity contribution is -0.143. The molecule has 0 radical (unpaired) electrons. The van der Waals surface area contributed by atoms with E-state index in [2.05, 4.69) is 5.32 Å². The van der Waals surface area contributed by atoms with Gasteiger partial charge in [0.1, 0.15) is 6.04 Å². The zero-order valence-corrected chi connectivity index (χ0v) is 19.3. The Morgan fingerprint density at radius 2 is 1.68 bits per heavy atom. The van der Waals surface area contributed by atoms with E-state index in [1.54, 1.807) is 31.4 Å². The first-order valence-electron chi connectivity index (χ1n) is 10.5. The van der Waals surface area contributed by atoms with E-state index in [1.165, 1.54) is 4.90 Å². The van der Waals surface area contributed by atoms with Crippen LogP contribution in [0.1, 0.15) is 39.2 Å². The van der Waals surface area contributed by atoms with E-state index >= 15 is 0 Å². The number of benzene rings is 2. The Balaban J connectivity index is 2.25. The van der Waals surface area contributed by atoms with Gasteiger partial charge < -0.3 is 19.7 Å². The molecule has 0 heterocycles. The standard InChI is InChI=1S/C24H31ClN2O4/c1-5-17(3)26-24(29)20(6-2)27(15-18-11-7-8-12-19(18)25)23(28)16-31-22-14-10-9-13-21(22)30-4/h7-14,17,20H,5-6,15-16H2,1-4H3,(H,26,29)/t17-,20-/m0/s1. The quantitative estimate of drug-likeness (QED) is 0.553. The Hall–Kier alpha value is -2.73. The Morgan fingerprint density at radius 3 is 2.29 bits per heavy atom. The van der Waals surface area contributed by atoms with Crippen LogP contribution in [0.25, 0.3) is 0 Å². The second-order valence-electron chi connectivity index (χ2n) is 7.29. The van der Waals surface area contributed by atoms with Crippen molar-refractivity contribution in [3.05, 3.63) is 59.1 Å². The minimum Gasteiger partial charge on any atom is -0.493 e. The molecule has 2 atom stereocenters. The molecule has 6 nitrogen and oxygen atoms in total. The largest absolute Gasteiger partial charge is 0.493 e. The van der Waals surface area contributed by atoms with Crippen molar-refractivity contribution in [2.75, 3.05) is 13.7 Å². The number of halogens is 1. The van der Waals surface area contributed by atoms with Crippen LogP contribution in [0.4, 0.5) is 0 Å². The molecule has 0 fully saturated rings. The molecule has 0 aliphatic heterocycles. The summed E-state index contributed by atoms with van der Waals surface area (Å²) < 4.78 is 11.0. The molecular formula is C24H31ClN2O4. The van der Waals surface area contributed by atoms with Gasteiger partial charge in [0, 0.05) is 17.6 Å². The monoisotopic (exact) mass is 446 g/mol. The fourth-order valence-electron chi connectivity index (χ4n) is 3.13. The van der Waals surface area contributed by atoms with Crippen molar-refractivity contribution in [1.82, 2.24) is 10.2 Å². The topological polar surface area (TPSA) is 67.9 Å². The van der Waals surface area contributed by atoms with Crippen LogP contribution in [0.2, 0.25) is 5.02 Å². The zero-order chi connectivity index (χ0) is 22.8. The van der Waals surface area contributed by atoms with Crippen LogP contribution >= 0.6 is 11.6 Å². The van der Waals surface area contributed by atoms with Gasteiger partial charge >= 0.3 is 0 Å². The van der Waals surface area contributed by atoms with E-state index in [-0.39, 0.29) is 31.0 Å². The number of carbonyl (C=O) groups is 2. The third-order valence-corrected chi connectivity index (χ3v) is 5.47. The van der Waals surface area contributed by atoms with E-state index in [4.69, 9.17) is 21.1 Å². The lowest BCUT2D eigenvalue weighted by Gasteiger charge is -2.31. The Labute approximate surface area is 189 Å². The van der Waals surface area contributed by atoms with Crippen LogP contribution in [0, 0.1) is 0 Å². The van der Waals surface area contributed by atoms with Crippen molar-refractivity contribution < 1.29 is 19.1 Å². The van der Waals surface area contributed by atoms with Gasteiger partial charge in [0.05, 0.1) is 7.11 Å². The molecule has 0 aliphatic rings. The molecule has 0 bridgehead atoms. The van der Waals surface area contributed by atoms with Gasteiger partial charge in [-0.3, -0.25) is 9.59 Å². The molecule has 0 spiro atoms. The molecule has 2 aromatic carbocycles. The van der Waals surface area contributed by atoms with Crippen LogP contribution in [0.15, 0.2) is 48.5 Å². The van der Waals surface area contributed by atoms with Crippen molar-refractivity contribution in [2.45, 2.75) is 52.2 Å². The van der Waals surface area contributed by atoms with Gasteiger partial charge in [0.15, 0.2) is 18.1 Å². The first-order chi connectivity index (χ1) is 14.9. The summed E-state index contributed by atoms with van der Waals surface area (Å²) in [5.41, 5.74) is 0.768. The third-order valence-electron chi connectivity index (χ3n) is 5.11. The molecule has 168 valence electrons. The fourth-order valence-corrected chi connectivity index (χ4v) is 3.33. The predicted octanol–water partition coefficient (Wildman–Crippen LogP) is 4.45. The van der Waals surface area contributed by atoms with E-state index in [9.17, 15) is 9.59 Å². The number of nitrogens with zero attached hydrogens (tertiary/aromatic N) is 1. The summed E-state index contributed by atoms with van der Waals surface area (Å²) in [4.78, 5) is 27.7. The number of nitrogens with one attached hydrogen (secondary N) is 1. The highest BCUT2D eigenvalue weighted by Crippen LogP contribution is 2.26. The zero-order valence-electron chi connectivity index (χ0n) is 18.6. The first kappa shape index (κ1) is 24.5. The SMILES string of the molecule is CC[C@H](C)NC(=O)[C@H](CC)N(Cc1ccccc1Cl)C(=O)COc1ccccc1OC. The van der Waals surface area contributed by atoms with Crippen molar-refractivity contribution in [1.29, 1.82) is 0 Å². The third kappa shape index (κ3) is 6.89. The van der Waals surface area contributed by atoms with Gasteiger partial charge in [-0.15, -0.1) is 0 Å². The number of rotatable bonds is 11. The van der Waals surface area contributed by atoms with E-state index in [1.807, 2.05) is 45.0 Å². The maximum absolute atomic E-state index is 13.2. The summed E-state index contributed by atoms with van der Waals surface area (Å²) in [5.74, 6) is 0.509. The summed E-state index contributed by atoms with van der Waals surface area (Å²) in [5, 5.41) is 3.53. The summed E-state index contributed by atoms with van der Waals surface area (Å²) in [6.07, 6.45) is 1.27. The van der Waals surface area contributed by atoms with Crippen LogP contribution in [-0.4, -0.2) is 42.5 Å². The summed E-state index contributed by atoms with van der Waals surface area (Å²) in [6, 6.07) is 13.8. The lowest BCUT2D eigenvalue weighted by Crippen LogP contribution is -2.51. The molecule has 0 saturated carbocycles. The number of para-hydroxylation sites is 2. The van der Waals surface area contributed by atoms with Crippen molar-refractivity contribution in [3.8, 4) is 11.5 Å². The lowest BCUT2D eigenvalue weighted by atomic mass is 10.1. The van der Waals surface area contributed by atoms with Crippen LogP contribution in [0.5, 0.6) is 11.5 Å². The van der Waals surface area contributed by atoms with Crippen LogP contribution in [0.3, 0.4) is 0 Å². The minimum absolute atomic E-state index is 0.0173.